The normalized spacial score (nSPS) is 21.8. The first-order valence-electron chi connectivity index (χ1n) is 10.9. The zero-order valence-corrected chi connectivity index (χ0v) is 18.7. The smallest absolute Gasteiger partial charge is 0.243 e. The average molecular weight is 446 g/mol. The van der Waals surface area contributed by atoms with E-state index >= 15 is 0 Å². The number of benzene rings is 2. The van der Waals surface area contributed by atoms with Crippen LogP contribution in [-0.2, 0) is 10.0 Å². The monoisotopic (exact) mass is 445 g/mol. The quantitative estimate of drug-likeness (QED) is 0.482. The zero-order valence-electron chi connectivity index (χ0n) is 17.9. The van der Waals surface area contributed by atoms with Crippen LogP contribution in [0.2, 0.25) is 0 Å². The fourth-order valence-corrected chi connectivity index (χ4v) is 6.52. The summed E-state index contributed by atoms with van der Waals surface area (Å²) in [5.74, 6) is 0.504. The molecule has 0 spiro atoms. The van der Waals surface area contributed by atoms with Gasteiger partial charge in [-0.3, -0.25) is 0 Å². The van der Waals surface area contributed by atoms with Crippen LogP contribution >= 0.6 is 0 Å². The van der Waals surface area contributed by atoms with Gasteiger partial charge in [0, 0.05) is 41.8 Å². The van der Waals surface area contributed by atoms with E-state index in [-0.39, 0.29) is 25.0 Å². The highest BCUT2D eigenvalue weighted by molar-refractivity contribution is 7.89. The van der Waals surface area contributed by atoms with Gasteiger partial charge in [-0.15, -0.1) is 13.2 Å². The molecule has 3 atom stereocenters. The third-order valence-electron chi connectivity index (χ3n) is 6.59. The molecular weight excluding hydrogens is 418 g/mol. The lowest BCUT2D eigenvalue weighted by Gasteiger charge is -2.37. The van der Waals surface area contributed by atoms with Crippen LogP contribution in [0, 0.1) is 5.92 Å². The molecule has 3 unspecified atom stereocenters. The number of allylic oxidation sites excluding steroid dienone is 2. The number of para-hydroxylation sites is 1. The maximum Gasteiger partial charge on any atom is 0.243 e. The number of hydrogen-bond donors (Lipinski definition) is 2. The summed E-state index contributed by atoms with van der Waals surface area (Å²) in [7, 11) is -3.64. The Balaban J connectivity index is 1.55. The first kappa shape index (κ1) is 20.8. The van der Waals surface area contributed by atoms with Crippen LogP contribution in [0.15, 0.2) is 91.0 Å². The zero-order chi connectivity index (χ0) is 22.3. The van der Waals surface area contributed by atoms with Crippen molar-refractivity contribution < 1.29 is 8.42 Å². The maximum absolute atomic E-state index is 13.3. The number of aromatic amines is 1. The number of hydrogen-bond acceptors (Lipinski definition) is 3. The fraction of sp³-hybridized carbons (Fsp3) is 0.231. The number of fused-ring (bicyclic) bond motifs is 4. The molecule has 5 rings (SSSR count). The lowest BCUT2D eigenvalue weighted by atomic mass is 9.77. The van der Waals surface area contributed by atoms with E-state index in [1.54, 1.807) is 18.2 Å². The number of nitrogens with zero attached hydrogens (tertiary/aromatic N) is 1. The molecule has 1 aliphatic heterocycles. The molecule has 1 aliphatic carbocycles. The predicted molar refractivity (Wildman–Crippen MR) is 130 cm³/mol. The van der Waals surface area contributed by atoms with Crippen molar-refractivity contribution in [3.05, 3.63) is 97.3 Å². The van der Waals surface area contributed by atoms with Gasteiger partial charge in [0.05, 0.1) is 10.9 Å². The third kappa shape index (κ3) is 3.31. The Morgan fingerprint density at radius 1 is 1.06 bits per heavy atom. The number of anilines is 1. The van der Waals surface area contributed by atoms with Gasteiger partial charge >= 0.3 is 0 Å². The molecule has 6 heteroatoms. The largest absolute Gasteiger partial charge is 0.378 e. The fourth-order valence-electron chi connectivity index (χ4n) is 5.10. The van der Waals surface area contributed by atoms with Crippen LogP contribution in [0.5, 0.6) is 0 Å². The van der Waals surface area contributed by atoms with Crippen molar-refractivity contribution in [2.24, 2.45) is 5.92 Å². The van der Waals surface area contributed by atoms with Gasteiger partial charge in [-0.2, -0.15) is 4.31 Å². The first-order chi connectivity index (χ1) is 15.5. The first-order valence-corrected chi connectivity index (χ1v) is 12.3. The molecule has 5 nitrogen and oxygen atoms in total. The van der Waals surface area contributed by atoms with Crippen LogP contribution in [0.25, 0.3) is 10.9 Å². The molecular formula is C26H27N3O2S. The third-order valence-corrected chi connectivity index (χ3v) is 8.42. The summed E-state index contributed by atoms with van der Waals surface area (Å²) in [6.45, 7) is 7.89. The number of H-pyrrole nitrogens is 1. The Morgan fingerprint density at radius 3 is 2.62 bits per heavy atom. The van der Waals surface area contributed by atoms with E-state index in [1.807, 2.05) is 18.2 Å². The van der Waals surface area contributed by atoms with Crippen molar-refractivity contribution >= 4 is 26.6 Å². The minimum Gasteiger partial charge on any atom is -0.378 e. The summed E-state index contributed by atoms with van der Waals surface area (Å²) < 4.78 is 27.9. The Bertz CT molecular complexity index is 1310. The van der Waals surface area contributed by atoms with Gasteiger partial charge in [-0.25, -0.2) is 8.42 Å². The summed E-state index contributed by atoms with van der Waals surface area (Å²) in [6.07, 6.45) is 10.7. The molecule has 2 N–H and O–H groups in total. The highest BCUT2D eigenvalue weighted by atomic mass is 32.2. The van der Waals surface area contributed by atoms with E-state index in [0.717, 1.165) is 23.2 Å². The number of nitrogens with one attached hydrogen (secondary N) is 2. The highest BCUT2D eigenvalue weighted by Crippen LogP contribution is 2.51. The summed E-state index contributed by atoms with van der Waals surface area (Å²) >= 11 is 0. The molecule has 2 aromatic carbocycles. The highest BCUT2D eigenvalue weighted by Gasteiger charge is 2.39. The maximum atomic E-state index is 13.3. The summed E-state index contributed by atoms with van der Waals surface area (Å²) in [4.78, 5) is 3.70. The van der Waals surface area contributed by atoms with E-state index in [0.29, 0.717) is 10.8 Å². The van der Waals surface area contributed by atoms with Crippen molar-refractivity contribution in [1.29, 1.82) is 0 Å². The van der Waals surface area contributed by atoms with Crippen LogP contribution in [0.4, 0.5) is 5.69 Å². The molecule has 2 heterocycles. The van der Waals surface area contributed by atoms with E-state index in [9.17, 15) is 8.42 Å². The molecule has 0 saturated heterocycles. The van der Waals surface area contributed by atoms with Crippen LogP contribution in [0.1, 0.15) is 29.5 Å². The average Bonchev–Trinajstić information content (AvgIpc) is 3.46. The molecule has 2 aliphatic rings. The molecule has 164 valence electrons. The van der Waals surface area contributed by atoms with Crippen molar-refractivity contribution in [3.8, 4) is 0 Å². The molecule has 32 heavy (non-hydrogen) atoms. The topological polar surface area (TPSA) is 65.2 Å². The Morgan fingerprint density at radius 2 is 1.84 bits per heavy atom. The van der Waals surface area contributed by atoms with Crippen LogP contribution in [-0.4, -0.2) is 30.8 Å². The second kappa shape index (κ2) is 8.11. The van der Waals surface area contributed by atoms with Crippen LogP contribution in [0.3, 0.4) is 0 Å². The number of rotatable bonds is 7. The van der Waals surface area contributed by atoms with Crippen LogP contribution < -0.4 is 5.32 Å². The molecule has 0 amide bonds. The number of aromatic nitrogens is 1. The van der Waals surface area contributed by atoms with Gasteiger partial charge in [0.15, 0.2) is 0 Å². The lowest BCUT2D eigenvalue weighted by Crippen LogP contribution is -2.32. The SMILES string of the molecule is C=CCN(CC=C)S(=O)(=O)c1ccc2c(c1)C1C=CCC1C(c1c[nH]c3ccccc13)N2. The van der Waals surface area contributed by atoms with E-state index in [4.69, 9.17) is 0 Å². The second-order valence-corrected chi connectivity index (χ2v) is 10.4. The van der Waals surface area contributed by atoms with E-state index in [2.05, 4.69) is 60.0 Å². The molecule has 3 aromatic rings. The molecule has 0 bridgehead atoms. The van der Waals surface area contributed by atoms with Gasteiger partial charge in [0.1, 0.15) is 0 Å². The minimum atomic E-state index is -3.64. The second-order valence-electron chi connectivity index (χ2n) is 8.41. The van der Waals surface area contributed by atoms with Gasteiger partial charge < -0.3 is 10.3 Å². The van der Waals surface area contributed by atoms with E-state index in [1.165, 1.54) is 15.3 Å². The summed E-state index contributed by atoms with van der Waals surface area (Å²) in [6, 6.07) is 14.0. The summed E-state index contributed by atoms with van der Waals surface area (Å²) in [5.41, 5.74) is 4.41. The Kier molecular flexibility index (Phi) is 5.27. The van der Waals surface area contributed by atoms with Crippen molar-refractivity contribution in [2.45, 2.75) is 23.3 Å². The molecule has 0 saturated carbocycles. The van der Waals surface area contributed by atoms with Gasteiger partial charge in [-0.05, 0) is 47.7 Å². The predicted octanol–water partition coefficient (Wildman–Crippen LogP) is 5.36. The van der Waals surface area contributed by atoms with Gasteiger partial charge in [0.25, 0.3) is 0 Å². The van der Waals surface area contributed by atoms with Gasteiger partial charge in [0.2, 0.25) is 10.0 Å². The van der Waals surface area contributed by atoms with E-state index < -0.39 is 10.0 Å². The lowest BCUT2D eigenvalue weighted by molar-refractivity contribution is 0.426. The Labute approximate surface area is 189 Å². The summed E-state index contributed by atoms with van der Waals surface area (Å²) in [5, 5.41) is 4.95. The molecule has 0 fully saturated rings. The number of sulfonamides is 1. The van der Waals surface area contributed by atoms with Crippen molar-refractivity contribution in [1.82, 2.24) is 9.29 Å². The van der Waals surface area contributed by atoms with Crippen molar-refractivity contribution in [3.63, 3.8) is 0 Å². The van der Waals surface area contributed by atoms with Crippen molar-refractivity contribution in [2.75, 3.05) is 18.4 Å². The Hall–Kier alpha value is -3.09. The standard InChI is InChI=1S/C26H27N3O2S/c1-3-14-29(15-4-2)32(30,31)18-12-13-25-22(16-18)19-9-7-10-21(19)26(28-25)23-17-27-24-11-6-5-8-20(23)24/h3-9,11-13,16-17,19,21,26-28H,1-2,10,14-15H2. The molecule has 1 aromatic heterocycles. The minimum absolute atomic E-state index is 0.152. The van der Waals surface area contributed by atoms with Gasteiger partial charge in [-0.1, -0.05) is 42.5 Å². The molecule has 0 radical (unpaired) electrons.